The van der Waals surface area contributed by atoms with E-state index in [1.165, 1.54) is 6.42 Å². The van der Waals surface area contributed by atoms with Crippen LogP contribution in [-0.4, -0.2) is 71.4 Å². The van der Waals surface area contributed by atoms with Crippen LogP contribution in [0.15, 0.2) is 36.5 Å². The first-order valence-corrected chi connectivity index (χ1v) is 9.98. The normalized spacial score (nSPS) is 21.4. The van der Waals surface area contributed by atoms with Crippen molar-refractivity contribution in [2.75, 3.05) is 45.9 Å². The van der Waals surface area contributed by atoms with Gasteiger partial charge in [-0.3, -0.25) is 9.69 Å². The van der Waals surface area contributed by atoms with Crippen molar-refractivity contribution in [3.63, 3.8) is 0 Å². The minimum atomic E-state index is 0.00693. The molecule has 0 aliphatic carbocycles. The molecule has 27 heavy (non-hydrogen) atoms. The quantitative estimate of drug-likeness (QED) is 0.808. The van der Waals surface area contributed by atoms with Crippen molar-refractivity contribution in [1.82, 2.24) is 19.6 Å². The van der Waals surface area contributed by atoms with Crippen LogP contribution < -0.4 is 0 Å². The molecule has 0 N–H and O–H groups in total. The Morgan fingerprint density at radius 1 is 1.19 bits per heavy atom. The molecule has 1 aromatic heterocycles. The highest BCUT2D eigenvalue weighted by Gasteiger charge is 2.27. The van der Waals surface area contributed by atoms with Crippen LogP contribution in [0, 0.1) is 5.92 Å². The van der Waals surface area contributed by atoms with Gasteiger partial charge in [0.05, 0.1) is 23.9 Å². The molecule has 1 amide bonds. The van der Waals surface area contributed by atoms with E-state index in [1.54, 1.807) is 16.9 Å². The predicted molar refractivity (Wildman–Crippen MR) is 104 cm³/mol. The van der Waals surface area contributed by atoms with Gasteiger partial charge in [-0.1, -0.05) is 23.7 Å². The summed E-state index contributed by atoms with van der Waals surface area (Å²) in [5.74, 6) is 0.527. The summed E-state index contributed by atoms with van der Waals surface area (Å²) in [6.45, 7) is 6.26. The maximum Gasteiger partial charge on any atom is 0.274 e. The number of carbonyl (C=O) groups is 1. The summed E-state index contributed by atoms with van der Waals surface area (Å²) in [4.78, 5) is 17.4. The number of hydrogen-bond donors (Lipinski definition) is 0. The van der Waals surface area contributed by atoms with Crippen LogP contribution in [0.4, 0.5) is 0 Å². The van der Waals surface area contributed by atoms with Crippen molar-refractivity contribution in [2.24, 2.45) is 5.92 Å². The molecule has 0 bridgehead atoms. The molecule has 4 rings (SSSR count). The Bertz CT molecular complexity index is 788. The summed E-state index contributed by atoms with van der Waals surface area (Å²) < 4.78 is 7.10. The number of rotatable bonds is 4. The minimum absolute atomic E-state index is 0.00693. The number of likely N-dealkylation sites (tertiary alicyclic amines) is 1. The first-order valence-electron chi connectivity index (χ1n) is 9.60. The molecule has 3 heterocycles. The SMILES string of the molecule is O=C(c1ccn(-c2ccccc2Cl)n1)N1CCC[C@H](CN2CCOCC2)C1. The van der Waals surface area contributed by atoms with Gasteiger partial charge in [-0.05, 0) is 37.0 Å². The third kappa shape index (κ3) is 4.34. The number of nitrogens with zero attached hydrogens (tertiary/aromatic N) is 4. The molecule has 144 valence electrons. The second-order valence-electron chi connectivity index (χ2n) is 7.27. The lowest BCUT2D eigenvalue weighted by atomic mass is 9.97. The van der Waals surface area contributed by atoms with E-state index >= 15 is 0 Å². The zero-order valence-corrected chi connectivity index (χ0v) is 16.1. The molecule has 2 fully saturated rings. The Labute approximate surface area is 164 Å². The van der Waals surface area contributed by atoms with Gasteiger partial charge in [0.15, 0.2) is 5.69 Å². The molecule has 0 unspecified atom stereocenters. The number of halogens is 1. The standard InChI is InChI=1S/C20H25ClN4O2/c21-17-5-1-2-6-19(17)25-9-7-18(22-25)20(26)24-8-3-4-16(15-24)14-23-10-12-27-13-11-23/h1-2,5-7,9,16H,3-4,8,10-15H2/t16-/m1/s1. The maximum atomic E-state index is 13.0. The summed E-state index contributed by atoms with van der Waals surface area (Å²) in [5.41, 5.74) is 1.25. The fourth-order valence-corrected chi connectivity index (χ4v) is 4.14. The van der Waals surface area contributed by atoms with Gasteiger partial charge in [0.2, 0.25) is 0 Å². The molecule has 0 radical (unpaired) electrons. The number of para-hydroxylation sites is 1. The van der Waals surface area contributed by atoms with Gasteiger partial charge >= 0.3 is 0 Å². The van der Waals surface area contributed by atoms with Crippen LogP contribution >= 0.6 is 11.6 Å². The molecule has 6 nitrogen and oxygen atoms in total. The summed E-state index contributed by atoms with van der Waals surface area (Å²) >= 11 is 6.24. The Balaban J connectivity index is 1.41. The maximum absolute atomic E-state index is 13.0. The topological polar surface area (TPSA) is 50.6 Å². The number of aromatic nitrogens is 2. The molecule has 2 aliphatic rings. The summed E-state index contributed by atoms with van der Waals surface area (Å²) in [5, 5.41) is 5.09. The van der Waals surface area contributed by atoms with Gasteiger partial charge in [0, 0.05) is 38.9 Å². The Hall–Kier alpha value is -1.89. The van der Waals surface area contributed by atoms with Crippen LogP contribution in [0.1, 0.15) is 23.3 Å². The first-order chi connectivity index (χ1) is 13.2. The molecule has 2 aromatic rings. The van der Waals surface area contributed by atoms with Crippen molar-refractivity contribution in [3.05, 3.63) is 47.2 Å². The second kappa shape index (κ2) is 8.42. The van der Waals surface area contributed by atoms with Gasteiger partial charge in [-0.2, -0.15) is 5.10 Å². The zero-order chi connectivity index (χ0) is 18.6. The average Bonchev–Trinajstić information content (AvgIpc) is 3.19. The van der Waals surface area contributed by atoms with E-state index in [-0.39, 0.29) is 5.91 Å². The molecule has 0 saturated carbocycles. The van der Waals surface area contributed by atoms with Gasteiger partial charge in [-0.15, -0.1) is 0 Å². The lowest BCUT2D eigenvalue weighted by Crippen LogP contribution is -2.46. The third-order valence-electron chi connectivity index (χ3n) is 5.33. The van der Waals surface area contributed by atoms with E-state index in [4.69, 9.17) is 16.3 Å². The molecular formula is C20H25ClN4O2. The lowest BCUT2D eigenvalue weighted by Gasteiger charge is -2.36. The van der Waals surface area contributed by atoms with E-state index in [0.29, 0.717) is 16.6 Å². The van der Waals surface area contributed by atoms with Crippen LogP contribution in [0.2, 0.25) is 5.02 Å². The highest BCUT2D eigenvalue weighted by atomic mass is 35.5. The largest absolute Gasteiger partial charge is 0.379 e. The third-order valence-corrected chi connectivity index (χ3v) is 5.65. The number of ether oxygens (including phenoxy) is 1. The Morgan fingerprint density at radius 2 is 2.00 bits per heavy atom. The lowest BCUT2D eigenvalue weighted by molar-refractivity contribution is 0.0223. The molecular weight excluding hydrogens is 364 g/mol. The number of morpholine rings is 1. The molecule has 2 aliphatic heterocycles. The molecule has 2 saturated heterocycles. The average molecular weight is 389 g/mol. The molecule has 1 atom stereocenters. The Morgan fingerprint density at radius 3 is 2.81 bits per heavy atom. The van der Waals surface area contributed by atoms with Crippen molar-refractivity contribution < 1.29 is 9.53 Å². The summed E-state index contributed by atoms with van der Waals surface area (Å²) in [6, 6.07) is 9.27. The van der Waals surface area contributed by atoms with E-state index < -0.39 is 0 Å². The Kier molecular flexibility index (Phi) is 5.76. The van der Waals surface area contributed by atoms with Crippen LogP contribution in [-0.2, 0) is 4.74 Å². The van der Waals surface area contributed by atoms with Gasteiger partial charge in [0.1, 0.15) is 0 Å². The monoisotopic (exact) mass is 388 g/mol. The van der Waals surface area contributed by atoms with Crippen molar-refractivity contribution in [1.29, 1.82) is 0 Å². The van der Waals surface area contributed by atoms with E-state index in [9.17, 15) is 4.79 Å². The van der Waals surface area contributed by atoms with Crippen LogP contribution in [0.25, 0.3) is 5.69 Å². The van der Waals surface area contributed by atoms with Crippen LogP contribution in [0.3, 0.4) is 0 Å². The van der Waals surface area contributed by atoms with Gasteiger partial charge in [0.25, 0.3) is 5.91 Å². The fraction of sp³-hybridized carbons (Fsp3) is 0.500. The zero-order valence-electron chi connectivity index (χ0n) is 15.4. The van der Waals surface area contributed by atoms with E-state index in [1.807, 2.05) is 29.2 Å². The van der Waals surface area contributed by atoms with Crippen molar-refractivity contribution in [2.45, 2.75) is 12.8 Å². The molecule has 7 heteroatoms. The highest BCUT2D eigenvalue weighted by Crippen LogP contribution is 2.22. The second-order valence-corrected chi connectivity index (χ2v) is 7.68. The van der Waals surface area contributed by atoms with Gasteiger partial charge in [-0.25, -0.2) is 4.68 Å². The number of benzene rings is 1. The molecule has 1 aromatic carbocycles. The van der Waals surface area contributed by atoms with E-state index in [0.717, 1.165) is 58.0 Å². The van der Waals surface area contributed by atoms with Crippen LogP contribution in [0.5, 0.6) is 0 Å². The number of carbonyl (C=O) groups excluding carboxylic acids is 1. The number of hydrogen-bond acceptors (Lipinski definition) is 4. The number of piperidine rings is 1. The van der Waals surface area contributed by atoms with Crippen molar-refractivity contribution >= 4 is 17.5 Å². The fourth-order valence-electron chi connectivity index (χ4n) is 3.92. The van der Waals surface area contributed by atoms with Crippen molar-refractivity contribution in [3.8, 4) is 5.69 Å². The number of amides is 1. The van der Waals surface area contributed by atoms with E-state index in [2.05, 4.69) is 10.00 Å². The minimum Gasteiger partial charge on any atom is -0.379 e. The summed E-state index contributed by atoms with van der Waals surface area (Å²) in [6.07, 6.45) is 4.02. The highest BCUT2D eigenvalue weighted by molar-refractivity contribution is 6.32. The van der Waals surface area contributed by atoms with Gasteiger partial charge < -0.3 is 9.64 Å². The predicted octanol–water partition coefficient (Wildman–Crippen LogP) is 2.71. The smallest absolute Gasteiger partial charge is 0.274 e. The first kappa shape index (κ1) is 18.5. The summed E-state index contributed by atoms with van der Waals surface area (Å²) in [7, 11) is 0. The molecule has 0 spiro atoms.